The second kappa shape index (κ2) is 5.90. The van der Waals surface area contributed by atoms with Gasteiger partial charge in [0.15, 0.2) is 0 Å². The molecule has 0 bridgehead atoms. The van der Waals surface area contributed by atoms with Gasteiger partial charge in [-0.2, -0.15) is 0 Å². The monoisotopic (exact) mass is 277 g/mol. The van der Waals surface area contributed by atoms with E-state index in [4.69, 9.17) is 4.74 Å². The summed E-state index contributed by atoms with van der Waals surface area (Å²) in [6.07, 6.45) is 3.22. The molecule has 0 aromatic carbocycles. The van der Waals surface area contributed by atoms with Crippen LogP contribution in [0.3, 0.4) is 0 Å². The summed E-state index contributed by atoms with van der Waals surface area (Å²) in [6.45, 7) is 5.18. The number of hydrogen-bond donors (Lipinski definition) is 1. The zero-order valence-corrected chi connectivity index (χ0v) is 11.8. The predicted octanol–water partition coefficient (Wildman–Crippen LogP) is 2.12. The summed E-state index contributed by atoms with van der Waals surface area (Å²) in [7, 11) is 0. The Labute approximate surface area is 118 Å². The van der Waals surface area contributed by atoms with E-state index in [0.717, 1.165) is 12.0 Å². The van der Waals surface area contributed by atoms with E-state index in [9.17, 15) is 9.59 Å². The van der Waals surface area contributed by atoms with Crippen LogP contribution < -0.4 is 5.32 Å². The molecule has 6 nitrogen and oxygen atoms in total. The van der Waals surface area contributed by atoms with E-state index < -0.39 is 11.7 Å². The number of likely N-dealkylation sites (tertiary alicyclic amines) is 1. The van der Waals surface area contributed by atoms with Gasteiger partial charge >= 0.3 is 6.09 Å². The summed E-state index contributed by atoms with van der Waals surface area (Å²) in [5, 5.41) is 2.60. The zero-order chi connectivity index (χ0) is 14.6. The summed E-state index contributed by atoms with van der Waals surface area (Å²) < 4.78 is 5.50. The van der Waals surface area contributed by atoms with Crippen molar-refractivity contribution in [3.8, 4) is 0 Å². The first-order chi connectivity index (χ1) is 9.73. The summed E-state index contributed by atoms with van der Waals surface area (Å²) in [5.41, 5.74) is 0.265. The van der Waals surface area contributed by atoms with Crippen LogP contribution in [0.5, 0.6) is 0 Å². The van der Waals surface area contributed by atoms with E-state index in [2.05, 4.69) is 10.3 Å². The number of nitrogens with one attached hydrogen (secondary N) is 1. The third-order valence-corrected chi connectivity index (χ3v) is 3.56. The van der Waals surface area contributed by atoms with Crippen LogP contribution in [-0.2, 0) is 15.1 Å². The van der Waals surface area contributed by atoms with Gasteiger partial charge in [0.05, 0.1) is 0 Å². The smallest absolute Gasteiger partial charge is 0.413 e. The second-order valence-corrected chi connectivity index (χ2v) is 4.55. The van der Waals surface area contributed by atoms with Crippen LogP contribution in [0.15, 0.2) is 18.3 Å². The number of carbonyl (C=O) groups is 2. The maximum absolute atomic E-state index is 11.6. The highest BCUT2D eigenvalue weighted by Gasteiger charge is 2.44. The highest BCUT2D eigenvalue weighted by atomic mass is 16.6. The second-order valence-electron chi connectivity index (χ2n) is 4.55. The quantitative estimate of drug-likeness (QED) is 0.798. The largest absolute Gasteiger partial charge is 0.437 e. The molecule has 1 aromatic rings. The normalized spacial score (nSPS) is 19.1. The lowest BCUT2D eigenvalue weighted by molar-refractivity contribution is -0.122. The van der Waals surface area contributed by atoms with Crippen LogP contribution in [0.25, 0.3) is 0 Å². The molecule has 1 fully saturated rings. The number of carbonyl (C=O) groups excluding carboxylic acids is 2. The third kappa shape index (κ3) is 2.45. The average molecular weight is 277 g/mol. The van der Waals surface area contributed by atoms with Gasteiger partial charge < -0.3 is 9.64 Å². The molecule has 2 aliphatic rings. The lowest BCUT2D eigenvalue weighted by Gasteiger charge is -2.42. The molecule has 1 spiro atoms. The summed E-state index contributed by atoms with van der Waals surface area (Å²) in [5.74, 6) is 0.563. The lowest BCUT2D eigenvalue weighted by Crippen LogP contribution is -2.48. The Bertz CT molecular complexity index is 496. The fourth-order valence-corrected chi connectivity index (χ4v) is 2.59. The van der Waals surface area contributed by atoms with E-state index in [1.165, 1.54) is 0 Å². The van der Waals surface area contributed by atoms with Crippen LogP contribution in [0.2, 0.25) is 0 Å². The fourth-order valence-electron chi connectivity index (χ4n) is 2.59. The Kier molecular flexibility index (Phi) is 4.22. The van der Waals surface area contributed by atoms with E-state index in [0.29, 0.717) is 31.7 Å². The van der Waals surface area contributed by atoms with Crippen LogP contribution >= 0.6 is 0 Å². The first-order valence-electron chi connectivity index (χ1n) is 6.88. The Hall–Kier alpha value is -2.11. The molecule has 0 radical (unpaired) electrons. The van der Waals surface area contributed by atoms with E-state index in [1.54, 1.807) is 11.1 Å². The maximum atomic E-state index is 11.6. The van der Waals surface area contributed by atoms with Crippen molar-refractivity contribution in [2.75, 3.05) is 18.4 Å². The fraction of sp³-hybridized carbons (Fsp3) is 0.500. The molecule has 0 aliphatic carbocycles. The van der Waals surface area contributed by atoms with Gasteiger partial charge in [-0.25, -0.2) is 9.78 Å². The number of aromatic nitrogens is 1. The van der Waals surface area contributed by atoms with Crippen molar-refractivity contribution in [2.45, 2.75) is 32.3 Å². The number of ether oxygens (including phenoxy) is 1. The van der Waals surface area contributed by atoms with Gasteiger partial charge in [0.2, 0.25) is 6.41 Å². The summed E-state index contributed by atoms with van der Waals surface area (Å²) >= 11 is 0. The molecule has 1 aromatic heterocycles. The molecule has 1 saturated heterocycles. The van der Waals surface area contributed by atoms with Crippen molar-refractivity contribution < 1.29 is 14.3 Å². The zero-order valence-electron chi connectivity index (χ0n) is 11.8. The van der Waals surface area contributed by atoms with Gasteiger partial charge in [-0.05, 0) is 12.1 Å². The standard InChI is InChI=1S/C12H13N3O3.C2H6/c16-8-15-6-3-12(4-7-15)9-2-1-5-13-10(9)14-11(17)18-12;1-2/h1-2,5,8H,3-4,6-7H2,(H,13,14,17);1-2H3. The molecule has 2 amide bonds. The maximum Gasteiger partial charge on any atom is 0.413 e. The minimum absolute atomic E-state index is 0.472. The van der Waals surface area contributed by atoms with E-state index in [1.807, 2.05) is 26.0 Å². The van der Waals surface area contributed by atoms with Gasteiger partial charge in [0.1, 0.15) is 11.4 Å². The van der Waals surface area contributed by atoms with Gasteiger partial charge in [-0.15, -0.1) is 0 Å². The predicted molar refractivity (Wildman–Crippen MR) is 74.2 cm³/mol. The first kappa shape index (κ1) is 14.3. The molecule has 20 heavy (non-hydrogen) atoms. The van der Waals surface area contributed by atoms with Crippen molar-refractivity contribution >= 4 is 18.3 Å². The minimum atomic E-state index is -0.633. The molecule has 3 heterocycles. The number of nitrogens with zero attached hydrogens (tertiary/aromatic N) is 2. The Balaban J connectivity index is 0.000000704. The molecule has 0 unspecified atom stereocenters. The third-order valence-electron chi connectivity index (χ3n) is 3.56. The number of hydrogen-bond acceptors (Lipinski definition) is 4. The number of rotatable bonds is 1. The van der Waals surface area contributed by atoms with Crippen LogP contribution in [-0.4, -0.2) is 35.5 Å². The van der Waals surface area contributed by atoms with E-state index >= 15 is 0 Å². The number of pyridine rings is 1. The average Bonchev–Trinajstić information content (AvgIpc) is 2.50. The molecule has 0 atom stereocenters. The Morgan fingerprint density at radius 3 is 2.75 bits per heavy atom. The highest BCUT2D eigenvalue weighted by Crippen LogP contribution is 2.42. The molecule has 0 saturated carbocycles. The number of piperidine rings is 1. The van der Waals surface area contributed by atoms with E-state index in [-0.39, 0.29) is 0 Å². The number of amides is 2. The van der Waals surface area contributed by atoms with Gasteiger partial charge in [-0.1, -0.05) is 13.8 Å². The van der Waals surface area contributed by atoms with Crippen molar-refractivity contribution in [1.82, 2.24) is 9.88 Å². The Morgan fingerprint density at radius 1 is 1.40 bits per heavy atom. The molecule has 6 heteroatoms. The Morgan fingerprint density at radius 2 is 2.10 bits per heavy atom. The number of fused-ring (bicyclic) bond motifs is 2. The molecular formula is C14H19N3O3. The minimum Gasteiger partial charge on any atom is -0.437 e. The van der Waals surface area contributed by atoms with Crippen molar-refractivity contribution in [3.05, 3.63) is 23.9 Å². The SMILES string of the molecule is CC.O=CN1CCC2(CC1)OC(=O)Nc1ncccc12. The van der Waals surface area contributed by atoms with Crippen LogP contribution in [0, 0.1) is 0 Å². The summed E-state index contributed by atoms with van der Waals surface area (Å²) in [6, 6.07) is 3.74. The topological polar surface area (TPSA) is 71.5 Å². The van der Waals surface area contributed by atoms with Crippen molar-refractivity contribution in [2.24, 2.45) is 0 Å². The molecular weight excluding hydrogens is 258 g/mol. The first-order valence-corrected chi connectivity index (χ1v) is 6.88. The molecule has 1 N–H and O–H groups in total. The highest BCUT2D eigenvalue weighted by molar-refractivity contribution is 5.87. The van der Waals surface area contributed by atoms with Crippen molar-refractivity contribution in [3.63, 3.8) is 0 Å². The molecule has 2 aliphatic heterocycles. The van der Waals surface area contributed by atoms with Crippen molar-refractivity contribution in [1.29, 1.82) is 0 Å². The number of anilines is 1. The lowest BCUT2D eigenvalue weighted by atomic mass is 9.83. The van der Waals surface area contributed by atoms with Gasteiger partial charge in [0.25, 0.3) is 0 Å². The van der Waals surface area contributed by atoms with Crippen LogP contribution in [0.1, 0.15) is 32.3 Å². The van der Waals surface area contributed by atoms with Gasteiger partial charge in [-0.3, -0.25) is 10.1 Å². The summed E-state index contributed by atoms with van der Waals surface area (Å²) in [4.78, 5) is 28.2. The molecule has 108 valence electrons. The van der Waals surface area contributed by atoms with Crippen LogP contribution in [0.4, 0.5) is 10.6 Å². The molecule has 3 rings (SSSR count). The van der Waals surface area contributed by atoms with Gasteiger partial charge in [0, 0.05) is 37.7 Å².